The van der Waals surface area contributed by atoms with Crippen LogP contribution < -0.4 is 10.1 Å². The number of carbonyl (C=O) groups excluding carboxylic acids is 1. The van der Waals surface area contributed by atoms with Crippen LogP contribution in [0, 0.1) is 5.92 Å². The summed E-state index contributed by atoms with van der Waals surface area (Å²) in [6.07, 6.45) is 4.50. The Morgan fingerprint density at radius 1 is 1.31 bits per heavy atom. The van der Waals surface area contributed by atoms with Gasteiger partial charge in [0.25, 0.3) is 0 Å². The average molecular weight is 375 g/mol. The van der Waals surface area contributed by atoms with Gasteiger partial charge in [-0.25, -0.2) is 0 Å². The van der Waals surface area contributed by atoms with Crippen molar-refractivity contribution in [3.8, 4) is 11.4 Å². The minimum atomic E-state index is 0.0298. The predicted octanol–water partition coefficient (Wildman–Crippen LogP) is 2.85. The monoisotopic (exact) mass is 375 g/mol. The van der Waals surface area contributed by atoms with Gasteiger partial charge in [0.2, 0.25) is 11.1 Å². The third-order valence-electron chi connectivity index (χ3n) is 4.55. The summed E-state index contributed by atoms with van der Waals surface area (Å²) < 4.78 is 7.26. The molecule has 1 amide bonds. The summed E-state index contributed by atoms with van der Waals surface area (Å²) in [7, 11) is 0. The van der Waals surface area contributed by atoms with Crippen LogP contribution in [0.25, 0.3) is 5.69 Å². The van der Waals surface area contributed by atoms with Crippen molar-refractivity contribution in [1.82, 2.24) is 25.5 Å². The van der Waals surface area contributed by atoms with Gasteiger partial charge in [-0.15, -0.1) is 5.10 Å². The molecule has 1 heterocycles. The molecule has 1 aliphatic rings. The SMILES string of the molecule is CCOc1ccccc1-n1nnnc1SCC(=O)NC1CCC(C)CC1. The molecule has 2 aromatic rings. The molecular formula is C18H25N5O2S. The molecular weight excluding hydrogens is 350 g/mol. The van der Waals surface area contributed by atoms with Crippen LogP contribution in [0.3, 0.4) is 0 Å². The van der Waals surface area contributed by atoms with Crippen LogP contribution in [0.4, 0.5) is 0 Å². The van der Waals surface area contributed by atoms with Crippen LogP contribution in [-0.4, -0.2) is 44.5 Å². The molecule has 0 radical (unpaired) electrons. The maximum Gasteiger partial charge on any atom is 0.230 e. The molecule has 1 fully saturated rings. The molecule has 26 heavy (non-hydrogen) atoms. The Hall–Kier alpha value is -2.09. The smallest absolute Gasteiger partial charge is 0.230 e. The molecule has 0 atom stereocenters. The Morgan fingerprint density at radius 3 is 2.85 bits per heavy atom. The average Bonchev–Trinajstić information content (AvgIpc) is 3.11. The van der Waals surface area contributed by atoms with Gasteiger partial charge in [0, 0.05) is 6.04 Å². The number of aromatic nitrogens is 4. The van der Waals surface area contributed by atoms with Crippen molar-refractivity contribution in [2.45, 2.75) is 50.7 Å². The van der Waals surface area contributed by atoms with Crippen molar-refractivity contribution in [2.75, 3.05) is 12.4 Å². The molecule has 0 spiro atoms. The predicted molar refractivity (Wildman–Crippen MR) is 101 cm³/mol. The highest BCUT2D eigenvalue weighted by atomic mass is 32.2. The fraction of sp³-hybridized carbons (Fsp3) is 0.556. The van der Waals surface area contributed by atoms with E-state index in [1.54, 1.807) is 4.68 Å². The zero-order valence-electron chi connectivity index (χ0n) is 15.2. The lowest BCUT2D eigenvalue weighted by atomic mass is 9.87. The molecule has 0 aliphatic heterocycles. The number of rotatable bonds is 7. The van der Waals surface area contributed by atoms with E-state index in [0.717, 1.165) is 24.4 Å². The van der Waals surface area contributed by atoms with Gasteiger partial charge in [-0.1, -0.05) is 30.8 Å². The summed E-state index contributed by atoms with van der Waals surface area (Å²) >= 11 is 1.33. The van der Waals surface area contributed by atoms with E-state index in [0.29, 0.717) is 29.3 Å². The Labute approximate surface area is 157 Å². The zero-order valence-corrected chi connectivity index (χ0v) is 16.0. The molecule has 1 N–H and O–H groups in total. The summed E-state index contributed by atoms with van der Waals surface area (Å²) in [6, 6.07) is 7.89. The number of nitrogens with zero attached hydrogens (tertiary/aromatic N) is 4. The Bertz CT molecular complexity index is 728. The van der Waals surface area contributed by atoms with Crippen molar-refractivity contribution in [3.05, 3.63) is 24.3 Å². The van der Waals surface area contributed by atoms with E-state index < -0.39 is 0 Å². The van der Waals surface area contributed by atoms with Crippen molar-refractivity contribution < 1.29 is 9.53 Å². The molecule has 1 aromatic carbocycles. The number of para-hydroxylation sites is 2. The zero-order chi connectivity index (χ0) is 18.4. The normalized spacial score (nSPS) is 19.9. The highest BCUT2D eigenvalue weighted by molar-refractivity contribution is 7.99. The van der Waals surface area contributed by atoms with Gasteiger partial charge in [-0.3, -0.25) is 4.79 Å². The highest BCUT2D eigenvalue weighted by Gasteiger charge is 2.20. The maximum atomic E-state index is 12.3. The van der Waals surface area contributed by atoms with E-state index >= 15 is 0 Å². The van der Waals surface area contributed by atoms with Gasteiger partial charge >= 0.3 is 0 Å². The summed E-state index contributed by atoms with van der Waals surface area (Å²) in [6.45, 7) is 4.76. The van der Waals surface area contributed by atoms with Gasteiger partial charge in [-0.2, -0.15) is 4.68 Å². The van der Waals surface area contributed by atoms with E-state index in [9.17, 15) is 4.79 Å². The van der Waals surface area contributed by atoms with E-state index in [4.69, 9.17) is 4.74 Å². The minimum absolute atomic E-state index is 0.0298. The first-order valence-corrected chi connectivity index (χ1v) is 10.1. The molecule has 0 saturated heterocycles. The molecule has 1 aromatic heterocycles. The number of thioether (sulfide) groups is 1. The molecule has 1 saturated carbocycles. The number of ether oxygens (including phenoxy) is 1. The van der Waals surface area contributed by atoms with Gasteiger partial charge in [0.05, 0.1) is 12.4 Å². The molecule has 7 nitrogen and oxygen atoms in total. The first kappa shape index (κ1) is 18.7. The lowest BCUT2D eigenvalue weighted by molar-refractivity contribution is -0.119. The largest absolute Gasteiger partial charge is 0.492 e. The molecule has 140 valence electrons. The van der Waals surface area contributed by atoms with Crippen LogP contribution in [0.2, 0.25) is 0 Å². The van der Waals surface area contributed by atoms with Gasteiger partial charge < -0.3 is 10.1 Å². The molecule has 8 heteroatoms. The first-order valence-electron chi connectivity index (χ1n) is 9.10. The quantitative estimate of drug-likeness (QED) is 0.750. The van der Waals surface area contributed by atoms with E-state index in [1.165, 1.54) is 24.6 Å². The van der Waals surface area contributed by atoms with Crippen molar-refractivity contribution in [1.29, 1.82) is 0 Å². The highest BCUT2D eigenvalue weighted by Crippen LogP contribution is 2.26. The molecule has 3 rings (SSSR count). The van der Waals surface area contributed by atoms with Crippen LogP contribution >= 0.6 is 11.8 Å². The lowest BCUT2D eigenvalue weighted by Gasteiger charge is -2.26. The number of nitrogens with one attached hydrogen (secondary N) is 1. The van der Waals surface area contributed by atoms with Crippen LogP contribution in [0.1, 0.15) is 39.5 Å². The Kier molecular flexibility index (Phi) is 6.49. The van der Waals surface area contributed by atoms with E-state index in [2.05, 4.69) is 27.8 Å². The fourth-order valence-corrected chi connectivity index (χ4v) is 3.83. The van der Waals surface area contributed by atoms with Crippen molar-refractivity contribution in [2.24, 2.45) is 5.92 Å². The van der Waals surface area contributed by atoms with E-state index in [1.807, 2.05) is 31.2 Å². The van der Waals surface area contributed by atoms with Crippen molar-refractivity contribution >= 4 is 17.7 Å². The third-order valence-corrected chi connectivity index (χ3v) is 5.47. The molecule has 1 aliphatic carbocycles. The summed E-state index contributed by atoms with van der Waals surface area (Å²) in [4.78, 5) is 12.3. The summed E-state index contributed by atoms with van der Waals surface area (Å²) in [5.74, 6) is 1.81. The number of tetrazole rings is 1. The summed E-state index contributed by atoms with van der Waals surface area (Å²) in [5.41, 5.74) is 0.767. The number of hydrogen-bond acceptors (Lipinski definition) is 6. The second-order valence-corrected chi connectivity index (χ2v) is 7.53. The van der Waals surface area contributed by atoms with Gasteiger partial charge in [0.1, 0.15) is 11.4 Å². The topological polar surface area (TPSA) is 81.9 Å². The second-order valence-electron chi connectivity index (χ2n) is 6.59. The van der Waals surface area contributed by atoms with Gasteiger partial charge in [0.15, 0.2) is 0 Å². The number of carbonyl (C=O) groups is 1. The maximum absolute atomic E-state index is 12.3. The number of amides is 1. The van der Waals surface area contributed by atoms with Gasteiger partial charge in [-0.05, 0) is 61.1 Å². The third kappa shape index (κ3) is 4.75. The van der Waals surface area contributed by atoms with Crippen LogP contribution in [0.15, 0.2) is 29.4 Å². The fourth-order valence-electron chi connectivity index (χ4n) is 3.13. The van der Waals surface area contributed by atoms with E-state index in [-0.39, 0.29) is 5.91 Å². The first-order chi connectivity index (χ1) is 12.7. The van der Waals surface area contributed by atoms with Crippen LogP contribution in [0.5, 0.6) is 5.75 Å². The molecule has 0 bridgehead atoms. The standard InChI is InChI=1S/C18H25N5O2S/c1-3-25-16-7-5-4-6-15(16)23-18(20-21-22-23)26-12-17(24)19-14-10-8-13(2)9-11-14/h4-7,13-14H,3,8-12H2,1-2H3,(H,19,24). The van der Waals surface area contributed by atoms with Crippen molar-refractivity contribution in [3.63, 3.8) is 0 Å². The summed E-state index contributed by atoms with van der Waals surface area (Å²) in [5, 5.41) is 15.6. The van der Waals surface area contributed by atoms with Crippen LogP contribution in [-0.2, 0) is 4.79 Å². The Morgan fingerprint density at radius 2 is 2.08 bits per heavy atom. The Balaban J connectivity index is 1.60. The second kappa shape index (κ2) is 9.02. The lowest BCUT2D eigenvalue weighted by Crippen LogP contribution is -2.38. The number of hydrogen-bond donors (Lipinski definition) is 1. The number of benzene rings is 1. The molecule has 0 unspecified atom stereocenters. The minimum Gasteiger partial charge on any atom is -0.492 e.